The minimum atomic E-state index is -0.895. The van der Waals surface area contributed by atoms with E-state index in [0.29, 0.717) is 5.56 Å². The van der Waals surface area contributed by atoms with Crippen molar-refractivity contribution in [2.45, 2.75) is 12.2 Å². The van der Waals surface area contributed by atoms with Crippen LogP contribution in [0.2, 0.25) is 0 Å². The second kappa shape index (κ2) is 3.63. The molecule has 0 aliphatic carbocycles. The number of rotatable bonds is 2. The predicted octanol–water partition coefficient (Wildman–Crippen LogP) is 2.38. The van der Waals surface area contributed by atoms with Gasteiger partial charge in [0, 0.05) is 5.25 Å². The summed E-state index contributed by atoms with van der Waals surface area (Å²) in [5.74, 6) is -0.895. The maximum atomic E-state index is 10.5. The molecular formula is C9H10O2S. The zero-order valence-electron chi connectivity index (χ0n) is 6.69. The van der Waals surface area contributed by atoms with Crippen LogP contribution in [0.3, 0.4) is 0 Å². The Morgan fingerprint density at radius 2 is 1.92 bits per heavy atom. The first-order chi connectivity index (χ1) is 5.61. The Bertz CT molecular complexity index is 277. The van der Waals surface area contributed by atoms with E-state index in [1.807, 2.05) is 6.92 Å². The Labute approximate surface area is 76.6 Å². The van der Waals surface area contributed by atoms with Crippen molar-refractivity contribution in [3.8, 4) is 0 Å². The summed E-state index contributed by atoms with van der Waals surface area (Å²) in [5.41, 5.74) is 1.34. The minimum absolute atomic E-state index is 0.146. The summed E-state index contributed by atoms with van der Waals surface area (Å²) in [6.07, 6.45) is 0. The largest absolute Gasteiger partial charge is 0.478 e. The molecule has 1 rings (SSSR count). The Morgan fingerprint density at radius 1 is 1.42 bits per heavy atom. The predicted molar refractivity (Wildman–Crippen MR) is 50.8 cm³/mol. The maximum Gasteiger partial charge on any atom is 0.335 e. The molecule has 0 aliphatic rings. The summed E-state index contributed by atoms with van der Waals surface area (Å²) in [6, 6.07) is 6.73. The SMILES string of the molecule is CC(S)c1ccc(C(=O)O)cc1. The molecule has 0 bridgehead atoms. The van der Waals surface area contributed by atoms with Crippen LogP contribution >= 0.6 is 12.6 Å². The van der Waals surface area contributed by atoms with Gasteiger partial charge in [0.2, 0.25) is 0 Å². The van der Waals surface area contributed by atoms with Crippen molar-refractivity contribution >= 4 is 18.6 Å². The van der Waals surface area contributed by atoms with Gasteiger partial charge in [0.25, 0.3) is 0 Å². The van der Waals surface area contributed by atoms with Gasteiger partial charge in [-0.1, -0.05) is 12.1 Å². The first kappa shape index (κ1) is 9.13. The highest BCUT2D eigenvalue weighted by Crippen LogP contribution is 2.18. The summed E-state index contributed by atoms with van der Waals surface area (Å²) >= 11 is 4.23. The van der Waals surface area contributed by atoms with E-state index < -0.39 is 5.97 Å². The lowest BCUT2D eigenvalue weighted by molar-refractivity contribution is 0.0697. The van der Waals surface area contributed by atoms with Crippen LogP contribution in [0.5, 0.6) is 0 Å². The van der Waals surface area contributed by atoms with Gasteiger partial charge in [-0.2, -0.15) is 12.6 Å². The fourth-order valence-corrected chi connectivity index (χ4v) is 1.08. The molecule has 1 aromatic rings. The van der Waals surface area contributed by atoms with Gasteiger partial charge in [0.1, 0.15) is 0 Å². The van der Waals surface area contributed by atoms with E-state index in [4.69, 9.17) is 5.11 Å². The molecule has 0 spiro atoms. The Hall–Kier alpha value is -0.960. The van der Waals surface area contributed by atoms with E-state index >= 15 is 0 Å². The van der Waals surface area contributed by atoms with Crippen molar-refractivity contribution in [1.82, 2.24) is 0 Å². The zero-order chi connectivity index (χ0) is 9.14. The molecule has 64 valence electrons. The number of carboxylic acid groups (broad SMARTS) is 1. The smallest absolute Gasteiger partial charge is 0.335 e. The van der Waals surface area contributed by atoms with Crippen LogP contribution in [0.4, 0.5) is 0 Å². The van der Waals surface area contributed by atoms with E-state index in [0.717, 1.165) is 5.56 Å². The van der Waals surface area contributed by atoms with Crippen LogP contribution in [0.15, 0.2) is 24.3 Å². The monoisotopic (exact) mass is 182 g/mol. The fraction of sp³-hybridized carbons (Fsp3) is 0.222. The van der Waals surface area contributed by atoms with Crippen LogP contribution in [0.1, 0.15) is 28.1 Å². The molecule has 0 aliphatic heterocycles. The number of thiol groups is 1. The normalized spacial score (nSPS) is 12.5. The Kier molecular flexibility index (Phi) is 2.76. The van der Waals surface area contributed by atoms with Crippen molar-refractivity contribution in [3.63, 3.8) is 0 Å². The lowest BCUT2D eigenvalue weighted by Gasteiger charge is -2.03. The van der Waals surface area contributed by atoms with Gasteiger partial charge in [0.15, 0.2) is 0 Å². The van der Waals surface area contributed by atoms with Crippen LogP contribution in [-0.2, 0) is 0 Å². The topological polar surface area (TPSA) is 37.3 Å². The third-order valence-electron chi connectivity index (χ3n) is 1.64. The van der Waals surface area contributed by atoms with Crippen molar-refractivity contribution in [2.75, 3.05) is 0 Å². The zero-order valence-corrected chi connectivity index (χ0v) is 7.58. The van der Waals surface area contributed by atoms with Crippen LogP contribution in [0.25, 0.3) is 0 Å². The number of hydrogen-bond acceptors (Lipinski definition) is 2. The Morgan fingerprint density at radius 3 is 2.25 bits per heavy atom. The van der Waals surface area contributed by atoms with E-state index in [1.54, 1.807) is 24.3 Å². The fourth-order valence-electron chi connectivity index (χ4n) is 0.904. The highest BCUT2D eigenvalue weighted by Gasteiger charge is 2.03. The average molecular weight is 182 g/mol. The lowest BCUT2D eigenvalue weighted by atomic mass is 10.1. The molecule has 1 aromatic carbocycles. The van der Waals surface area contributed by atoms with E-state index in [9.17, 15) is 4.79 Å². The molecule has 1 N–H and O–H groups in total. The number of hydrogen-bond donors (Lipinski definition) is 2. The first-order valence-corrected chi connectivity index (χ1v) is 4.14. The van der Waals surface area contributed by atoms with Crippen molar-refractivity contribution in [2.24, 2.45) is 0 Å². The summed E-state index contributed by atoms with van der Waals surface area (Å²) in [4.78, 5) is 10.5. The number of carboxylic acids is 1. The molecule has 0 aromatic heterocycles. The molecule has 0 saturated heterocycles. The standard InChI is InChI=1S/C9H10O2S/c1-6(12)7-2-4-8(5-3-7)9(10)11/h2-6,12H,1H3,(H,10,11). The van der Waals surface area contributed by atoms with Gasteiger partial charge in [-0.3, -0.25) is 0 Å². The van der Waals surface area contributed by atoms with Crippen molar-refractivity contribution in [3.05, 3.63) is 35.4 Å². The minimum Gasteiger partial charge on any atom is -0.478 e. The van der Waals surface area contributed by atoms with Gasteiger partial charge in [-0.15, -0.1) is 0 Å². The third kappa shape index (κ3) is 2.01. The van der Waals surface area contributed by atoms with Gasteiger partial charge < -0.3 is 5.11 Å². The summed E-state index contributed by atoms with van der Waals surface area (Å²) in [6.45, 7) is 1.94. The lowest BCUT2D eigenvalue weighted by Crippen LogP contribution is -1.95. The number of aromatic carboxylic acids is 1. The van der Waals surface area contributed by atoms with Crippen LogP contribution in [0, 0.1) is 0 Å². The van der Waals surface area contributed by atoms with E-state index in [2.05, 4.69) is 12.6 Å². The molecule has 3 heteroatoms. The second-order valence-corrected chi connectivity index (χ2v) is 3.38. The maximum absolute atomic E-state index is 10.5. The highest BCUT2D eigenvalue weighted by atomic mass is 32.1. The molecule has 0 saturated carbocycles. The first-order valence-electron chi connectivity index (χ1n) is 3.62. The quantitative estimate of drug-likeness (QED) is 0.689. The van der Waals surface area contributed by atoms with Gasteiger partial charge in [0.05, 0.1) is 5.56 Å². The van der Waals surface area contributed by atoms with E-state index in [1.165, 1.54) is 0 Å². The molecule has 1 unspecified atom stereocenters. The van der Waals surface area contributed by atoms with Crippen LogP contribution < -0.4 is 0 Å². The van der Waals surface area contributed by atoms with Crippen LogP contribution in [-0.4, -0.2) is 11.1 Å². The third-order valence-corrected chi connectivity index (χ3v) is 1.94. The van der Waals surface area contributed by atoms with Crippen molar-refractivity contribution in [1.29, 1.82) is 0 Å². The summed E-state index contributed by atoms with van der Waals surface area (Å²) in [7, 11) is 0. The molecule has 2 nitrogen and oxygen atoms in total. The van der Waals surface area contributed by atoms with Gasteiger partial charge >= 0.3 is 5.97 Å². The molecule has 0 heterocycles. The molecule has 1 atom stereocenters. The average Bonchev–Trinajstić information content (AvgIpc) is 2.04. The van der Waals surface area contributed by atoms with Gasteiger partial charge in [-0.05, 0) is 24.6 Å². The highest BCUT2D eigenvalue weighted by molar-refractivity contribution is 7.80. The Balaban J connectivity index is 2.93. The second-order valence-electron chi connectivity index (χ2n) is 2.60. The molecule has 0 amide bonds. The summed E-state index contributed by atoms with van der Waals surface area (Å²) in [5, 5.41) is 8.74. The molecule has 12 heavy (non-hydrogen) atoms. The van der Waals surface area contributed by atoms with Gasteiger partial charge in [-0.25, -0.2) is 4.79 Å². The molecular weight excluding hydrogens is 172 g/mol. The van der Waals surface area contributed by atoms with Crippen molar-refractivity contribution < 1.29 is 9.90 Å². The molecule has 0 fully saturated rings. The number of carbonyl (C=O) groups is 1. The van der Waals surface area contributed by atoms with E-state index in [-0.39, 0.29) is 5.25 Å². The summed E-state index contributed by atoms with van der Waals surface area (Å²) < 4.78 is 0. The number of benzene rings is 1. The molecule has 0 radical (unpaired) electrons.